The lowest BCUT2D eigenvalue weighted by Crippen LogP contribution is -2.45. The fourth-order valence-corrected chi connectivity index (χ4v) is 2.69. The van der Waals surface area contributed by atoms with Crippen molar-refractivity contribution < 1.29 is 19.8 Å². The number of phenolic OH excluding ortho intramolecular Hbond substituents is 1. The van der Waals surface area contributed by atoms with E-state index < -0.39 is 11.9 Å². The quantitative estimate of drug-likeness (QED) is 0.865. The van der Waals surface area contributed by atoms with Gasteiger partial charge in [-0.15, -0.1) is 0 Å². The highest BCUT2D eigenvalue weighted by Gasteiger charge is 2.33. The van der Waals surface area contributed by atoms with Gasteiger partial charge in [-0.1, -0.05) is 13.0 Å². The van der Waals surface area contributed by atoms with Crippen LogP contribution in [-0.2, 0) is 4.79 Å². The maximum atomic E-state index is 12.4. The average Bonchev–Trinajstić information content (AvgIpc) is 2.37. The molecule has 2 atom stereocenters. The van der Waals surface area contributed by atoms with Crippen molar-refractivity contribution in [1.29, 1.82) is 0 Å². The summed E-state index contributed by atoms with van der Waals surface area (Å²) < 4.78 is 0. The SMILES string of the molecule is Cc1ccc(C(=O)N2CCC(C(=O)O)C(C)C2)c(O)c1. The number of aliphatic carboxylic acids is 1. The normalized spacial score (nSPS) is 22.6. The summed E-state index contributed by atoms with van der Waals surface area (Å²) in [7, 11) is 0. The fraction of sp³-hybridized carbons (Fsp3) is 0.467. The average molecular weight is 277 g/mol. The zero-order valence-electron chi connectivity index (χ0n) is 11.7. The molecule has 1 saturated heterocycles. The lowest BCUT2D eigenvalue weighted by Gasteiger charge is -2.35. The second-order valence-electron chi connectivity index (χ2n) is 5.48. The van der Waals surface area contributed by atoms with Crippen LogP contribution in [0.5, 0.6) is 5.75 Å². The van der Waals surface area contributed by atoms with E-state index in [1.165, 1.54) is 0 Å². The van der Waals surface area contributed by atoms with Gasteiger partial charge in [0.15, 0.2) is 0 Å². The minimum Gasteiger partial charge on any atom is -0.507 e. The lowest BCUT2D eigenvalue weighted by atomic mass is 9.87. The Bertz CT molecular complexity index is 541. The van der Waals surface area contributed by atoms with Crippen LogP contribution in [0.15, 0.2) is 18.2 Å². The predicted molar refractivity (Wildman–Crippen MR) is 73.7 cm³/mol. The summed E-state index contributed by atoms with van der Waals surface area (Å²) in [5, 5.41) is 18.9. The van der Waals surface area contributed by atoms with Crippen molar-refractivity contribution in [3.8, 4) is 5.75 Å². The number of phenols is 1. The first-order valence-corrected chi connectivity index (χ1v) is 6.72. The third-order valence-corrected chi connectivity index (χ3v) is 3.89. The molecule has 108 valence electrons. The third kappa shape index (κ3) is 2.76. The lowest BCUT2D eigenvalue weighted by molar-refractivity contribution is -0.145. The van der Waals surface area contributed by atoms with Gasteiger partial charge in [-0.2, -0.15) is 0 Å². The number of rotatable bonds is 2. The number of likely N-dealkylation sites (tertiary alicyclic amines) is 1. The number of benzene rings is 1. The van der Waals surface area contributed by atoms with E-state index in [4.69, 9.17) is 5.11 Å². The van der Waals surface area contributed by atoms with Gasteiger partial charge in [0, 0.05) is 13.1 Å². The monoisotopic (exact) mass is 277 g/mol. The van der Waals surface area contributed by atoms with E-state index in [0.29, 0.717) is 19.5 Å². The Kier molecular flexibility index (Phi) is 3.97. The molecule has 1 aromatic rings. The molecular formula is C15H19NO4. The number of hydrogen-bond donors (Lipinski definition) is 2. The molecule has 1 fully saturated rings. The highest BCUT2D eigenvalue weighted by atomic mass is 16.4. The highest BCUT2D eigenvalue weighted by Crippen LogP contribution is 2.27. The molecule has 2 N–H and O–H groups in total. The van der Waals surface area contributed by atoms with Crippen molar-refractivity contribution in [2.75, 3.05) is 13.1 Å². The summed E-state index contributed by atoms with van der Waals surface area (Å²) in [6.07, 6.45) is 0.453. The minimum atomic E-state index is -0.803. The molecule has 0 bridgehead atoms. The first-order valence-electron chi connectivity index (χ1n) is 6.72. The van der Waals surface area contributed by atoms with Crippen LogP contribution < -0.4 is 0 Å². The molecule has 1 aliphatic rings. The molecule has 2 rings (SSSR count). The molecule has 0 aliphatic carbocycles. The molecule has 20 heavy (non-hydrogen) atoms. The van der Waals surface area contributed by atoms with Gasteiger partial charge in [0.05, 0.1) is 11.5 Å². The van der Waals surface area contributed by atoms with Gasteiger partial charge < -0.3 is 15.1 Å². The summed E-state index contributed by atoms with van der Waals surface area (Å²) in [6, 6.07) is 4.95. The van der Waals surface area contributed by atoms with Crippen LogP contribution in [0.25, 0.3) is 0 Å². The van der Waals surface area contributed by atoms with Gasteiger partial charge in [-0.3, -0.25) is 9.59 Å². The molecule has 0 saturated carbocycles. The Balaban J connectivity index is 2.13. The van der Waals surface area contributed by atoms with E-state index in [0.717, 1.165) is 5.56 Å². The van der Waals surface area contributed by atoms with Crippen molar-refractivity contribution in [1.82, 2.24) is 4.90 Å². The standard InChI is InChI=1S/C15H19NO4/c1-9-3-4-12(13(17)7-9)14(18)16-6-5-11(15(19)20)10(2)8-16/h3-4,7,10-11,17H,5-6,8H2,1-2H3,(H,19,20). The zero-order chi connectivity index (χ0) is 14.9. The van der Waals surface area contributed by atoms with Gasteiger partial charge in [-0.25, -0.2) is 0 Å². The van der Waals surface area contributed by atoms with Crippen LogP contribution in [0.4, 0.5) is 0 Å². The molecule has 2 unspecified atom stereocenters. The molecular weight excluding hydrogens is 258 g/mol. The maximum Gasteiger partial charge on any atom is 0.306 e. The predicted octanol–water partition coefficient (Wildman–Crippen LogP) is 1.88. The van der Waals surface area contributed by atoms with E-state index in [1.807, 2.05) is 13.8 Å². The number of aromatic hydroxyl groups is 1. The summed E-state index contributed by atoms with van der Waals surface area (Å²) in [4.78, 5) is 25.1. The summed E-state index contributed by atoms with van der Waals surface area (Å²) in [5.41, 5.74) is 1.16. The Morgan fingerprint density at radius 3 is 2.60 bits per heavy atom. The van der Waals surface area contributed by atoms with Crippen molar-refractivity contribution in [2.45, 2.75) is 20.3 Å². The van der Waals surface area contributed by atoms with Crippen molar-refractivity contribution in [3.63, 3.8) is 0 Å². The second-order valence-corrected chi connectivity index (χ2v) is 5.48. The largest absolute Gasteiger partial charge is 0.507 e. The Morgan fingerprint density at radius 1 is 1.35 bits per heavy atom. The third-order valence-electron chi connectivity index (χ3n) is 3.89. The van der Waals surface area contributed by atoms with Crippen LogP contribution in [0.2, 0.25) is 0 Å². The van der Waals surface area contributed by atoms with Gasteiger partial charge in [0.2, 0.25) is 0 Å². The molecule has 5 heteroatoms. The van der Waals surface area contributed by atoms with Gasteiger partial charge in [0.1, 0.15) is 5.75 Å². The first kappa shape index (κ1) is 14.4. The molecule has 1 heterocycles. The van der Waals surface area contributed by atoms with E-state index in [-0.39, 0.29) is 23.1 Å². The van der Waals surface area contributed by atoms with Gasteiger partial charge in [-0.05, 0) is 37.0 Å². The van der Waals surface area contributed by atoms with Crippen molar-refractivity contribution in [2.24, 2.45) is 11.8 Å². The van der Waals surface area contributed by atoms with E-state index >= 15 is 0 Å². The molecule has 1 aliphatic heterocycles. The Labute approximate surface area is 117 Å². The number of carboxylic acids is 1. The molecule has 0 spiro atoms. The molecule has 5 nitrogen and oxygen atoms in total. The van der Waals surface area contributed by atoms with E-state index in [1.54, 1.807) is 23.1 Å². The fourth-order valence-electron chi connectivity index (χ4n) is 2.69. The number of carbonyl (C=O) groups excluding carboxylic acids is 1. The number of nitrogens with zero attached hydrogens (tertiary/aromatic N) is 1. The first-order chi connectivity index (χ1) is 9.40. The molecule has 1 aromatic carbocycles. The van der Waals surface area contributed by atoms with Gasteiger partial charge in [0.25, 0.3) is 5.91 Å². The summed E-state index contributed by atoms with van der Waals surface area (Å²) in [6.45, 7) is 4.50. The van der Waals surface area contributed by atoms with Crippen molar-refractivity contribution in [3.05, 3.63) is 29.3 Å². The molecule has 0 aromatic heterocycles. The topological polar surface area (TPSA) is 77.8 Å². The molecule has 1 amide bonds. The number of amides is 1. The number of hydrogen-bond acceptors (Lipinski definition) is 3. The number of carbonyl (C=O) groups is 2. The van der Waals surface area contributed by atoms with E-state index in [2.05, 4.69) is 0 Å². The maximum absolute atomic E-state index is 12.4. The zero-order valence-corrected chi connectivity index (χ0v) is 11.7. The number of piperidine rings is 1. The summed E-state index contributed by atoms with van der Waals surface area (Å²) in [5.74, 6) is -1.55. The van der Waals surface area contributed by atoms with E-state index in [9.17, 15) is 14.7 Å². The number of aryl methyl sites for hydroxylation is 1. The summed E-state index contributed by atoms with van der Waals surface area (Å²) >= 11 is 0. The van der Waals surface area contributed by atoms with Crippen LogP contribution in [0, 0.1) is 18.8 Å². The highest BCUT2D eigenvalue weighted by molar-refractivity contribution is 5.97. The number of carboxylic acid groups (broad SMARTS) is 1. The second kappa shape index (κ2) is 5.53. The van der Waals surface area contributed by atoms with Crippen molar-refractivity contribution >= 4 is 11.9 Å². The van der Waals surface area contributed by atoms with Crippen LogP contribution in [-0.4, -0.2) is 40.1 Å². The van der Waals surface area contributed by atoms with Crippen LogP contribution in [0.1, 0.15) is 29.3 Å². The van der Waals surface area contributed by atoms with Crippen LogP contribution in [0.3, 0.4) is 0 Å². The van der Waals surface area contributed by atoms with Crippen LogP contribution >= 0.6 is 0 Å². The van der Waals surface area contributed by atoms with Gasteiger partial charge >= 0.3 is 5.97 Å². The minimum absolute atomic E-state index is 0.0250. The Hall–Kier alpha value is -2.04. The Morgan fingerprint density at radius 2 is 2.05 bits per heavy atom. The smallest absolute Gasteiger partial charge is 0.306 e. The molecule has 0 radical (unpaired) electrons.